The van der Waals surface area contributed by atoms with Crippen molar-refractivity contribution in [1.82, 2.24) is 26.0 Å². The van der Waals surface area contributed by atoms with Crippen LogP contribution >= 0.6 is 0 Å². The number of rotatable bonds is 2. The summed E-state index contributed by atoms with van der Waals surface area (Å²) in [4.78, 5) is 28.2. The molecule has 5 saturated carbocycles. The van der Waals surface area contributed by atoms with Crippen molar-refractivity contribution in [1.29, 1.82) is 0 Å². The summed E-state index contributed by atoms with van der Waals surface area (Å²) in [7, 11) is 0. The van der Waals surface area contributed by atoms with Gasteiger partial charge in [0.1, 0.15) is 6.61 Å². The fourth-order valence-corrected chi connectivity index (χ4v) is 21.0. The fourth-order valence-electron chi connectivity index (χ4n) is 21.0. The van der Waals surface area contributed by atoms with Gasteiger partial charge in [-0.25, -0.2) is 10.6 Å². The van der Waals surface area contributed by atoms with Crippen LogP contribution in [0.3, 0.4) is 0 Å². The molecule has 5 heterocycles. The first kappa shape index (κ1) is 55.7. The lowest BCUT2D eigenvalue weighted by Gasteiger charge is -2.52. The number of H-pyrrole nitrogens is 1. The van der Waals surface area contributed by atoms with Crippen LogP contribution in [0.15, 0.2) is 70.7 Å². The number of carbonyl (C=O) groups is 2. The summed E-state index contributed by atoms with van der Waals surface area (Å²) in [6, 6.07) is 10.5. The van der Waals surface area contributed by atoms with E-state index in [1.165, 1.54) is 86.6 Å². The van der Waals surface area contributed by atoms with Crippen LogP contribution < -0.4 is 16.7 Å². The van der Waals surface area contributed by atoms with Crippen LogP contribution in [0.4, 0.5) is 4.79 Å². The Balaban J connectivity index is 0.000000155. The number of Topliss-reactive ketones (excluding diaryl/α,β-unsaturated/α-hetero) is 1. The van der Waals surface area contributed by atoms with Crippen molar-refractivity contribution in [2.24, 2.45) is 87.7 Å². The standard InChI is InChI=1S/C37H49NO5.C29H43N3O.H4N2O/c1-22-14-33-34(38(19-22)35(41)42-21-25-8-6-5-7-9-25)24(3)37(43-33)13-12-28-29-11-10-27-15-32(40)26(20-39)18-36(27,4)31(29)16-30(28)23(2)17-37;1-16-9-26-27(30-14-16)18(3)29(33-26)8-7-21-22-6-5-20-10-25-19(15-31-32-25)13-28(20,4)24(22)11-23(21)17(2)12-29;1-2-3/h5-9,20,22,24,27-29,31,33-34,39H,10-19,21H2,1-4H3;15-16,18,20-22,24,26-27,30H,5-14H2,1-4H3,(H,31,32);2-3H,1H2/b26-20-;;/t22-,24+,27-,28-,29-,31-,33+,34-,36-,37-;16-,18+,20-,21-,22-,24-,26+,27-,28-,29-;/m00./s1. The number of amides is 1. The Morgan fingerprint density at radius 1 is 0.810 bits per heavy atom. The molecule has 0 unspecified atom stereocenters. The summed E-state index contributed by atoms with van der Waals surface area (Å²) in [6.45, 7) is 21.5. The Labute approximate surface area is 471 Å². The molecule has 14 rings (SSSR count). The number of fused-ring (bicyclic) bond motifs is 13. The number of hydrazine groups is 1. The zero-order valence-corrected chi connectivity index (χ0v) is 49.0. The van der Waals surface area contributed by atoms with Gasteiger partial charge in [-0.3, -0.25) is 9.89 Å². The number of aromatic nitrogens is 2. The molecule has 1 amide bonds. The Morgan fingerprint density at radius 2 is 1.41 bits per heavy atom. The van der Waals surface area contributed by atoms with Crippen molar-refractivity contribution in [2.75, 3.05) is 13.1 Å². The zero-order valence-electron chi connectivity index (χ0n) is 49.0. The number of nitrogens with two attached hydrogens (primary N) is 1. The maximum Gasteiger partial charge on any atom is 0.410 e. The van der Waals surface area contributed by atoms with Gasteiger partial charge in [0.15, 0.2) is 5.78 Å². The van der Waals surface area contributed by atoms with Gasteiger partial charge in [-0.2, -0.15) is 5.10 Å². The highest BCUT2D eigenvalue weighted by Crippen LogP contribution is 2.67. The number of nitrogens with zero attached hydrogens (tertiary/aromatic N) is 2. The maximum atomic E-state index is 13.5. The van der Waals surface area contributed by atoms with E-state index in [4.69, 9.17) is 19.4 Å². The lowest BCUT2D eigenvalue weighted by molar-refractivity contribution is -0.124. The molecule has 4 aliphatic heterocycles. The van der Waals surface area contributed by atoms with Crippen LogP contribution in [0.2, 0.25) is 0 Å². The second kappa shape index (κ2) is 21.4. The highest BCUT2D eigenvalue weighted by atomic mass is 16.6. The fraction of sp³-hybridized carbons (Fsp3) is 0.742. The Kier molecular flexibility index (Phi) is 15.1. The minimum Gasteiger partial charge on any atom is -0.515 e. The molecule has 0 radical (unpaired) electrons. The SMILES string of the molecule is CC1=C2C[C@H]3[C@@H](CC[C@H]4CC(=O)/C(=C\O)C[C@@]43C)[C@@H]2CC[C@@]2(C1)O[C@@H]1C[C@H](C)CN(C(=O)OCc3ccccc3)[C@H]1[C@H]2C.CC1=C2C[C@H]3[C@@H](CC[C@H]4Cc5[nH]ncc5C[C@@]43C)[C@@H]2CC[C@@]2(C1)O[C@@H]1C[C@H](C)CN[C@H]1[C@H]2C.NNO. The van der Waals surface area contributed by atoms with E-state index in [1.807, 2.05) is 40.8 Å². The molecular formula is C66H96N6O7. The van der Waals surface area contributed by atoms with E-state index in [9.17, 15) is 14.7 Å². The summed E-state index contributed by atoms with van der Waals surface area (Å²) in [6.07, 6.45) is 24.0. The third-order valence-corrected chi connectivity index (χ3v) is 25.0. The topological polar surface area (TPSA) is 184 Å². The normalized spacial score (nSPS) is 45.0. The van der Waals surface area contributed by atoms with Crippen molar-refractivity contribution in [3.05, 3.63) is 87.5 Å². The molecule has 13 nitrogen and oxygen atoms in total. The van der Waals surface area contributed by atoms with Gasteiger partial charge < -0.3 is 34.7 Å². The van der Waals surface area contributed by atoms with E-state index in [-0.39, 0.29) is 46.6 Å². The molecule has 20 atom stereocenters. The number of hydrogen-bond donors (Lipinski definition) is 6. The lowest BCUT2D eigenvalue weighted by atomic mass is 9.51. The minimum atomic E-state index is -0.251. The highest BCUT2D eigenvalue weighted by molar-refractivity contribution is 5.96. The number of aliphatic hydroxyl groups is 1. The Hall–Kier alpha value is -3.85. The third-order valence-electron chi connectivity index (χ3n) is 25.0. The van der Waals surface area contributed by atoms with Gasteiger partial charge in [0.25, 0.3) is 0 Å². The summed E-state index contributed by atoms with van der Waals surface area (Å²) in [5.74, 6) is 11.8. The number of hydrogen-bond acceptors (Lipinski definition) is 11. The first-order valence-corrected chi connectivity index (χ1v) is 31.3. The van der Waals surface area contributed by atoms with Crippen molar-refractivity contribution in [2.45, 2.75) is 213 Å². The number of nitrogens with one attached hydrogen (secondary N) is 3. The number of allylic oxidation sites excluding steroid dienone is 3. The van der Waals surface area contributed by atoms with Crippen molar-refractivity contribution in [3.63, 3.8) is 0 Å². The summed E-state index contributed by atoms with van der Waals surface area (Å²) < 4.78 is 20.1. The van der Waals surface area contributed by atoms with E-state index in [0.29, 0.717) is 71.7 Å². The van der Waals surface area contributed by atoms with Gasteiger partial charge in [-0.05, 0) is 211 Å². The first-order valence-electron chi connectivity index (χ1n) is 31.3. The van der Waals surface area contributed by atoms with Crippen LogP contribution in [0.25, 0.3) is 0 Å². The number of benzene rings is 1. The molecule has 432 valence electrons. The van der Waals surface area contributed by atoms with Gasteiger partial charge in [-0.1, -0.05) is 94.2 Å². The van der Waals surface area contributed by atoms with Gasteiger partial charge in [0, 0.05) is 42.1 Å². The number of carbonyl (C=O) groups excluding carboxylic acids is 2. The zero-order chi connectivity index (χ0) is 55.3. The average Bonchev–Trinajstić information content (AvgIpc) is 3.79. The van der Waals surface area contributed by atoms with E-state index in [0.717, 1.165) is 99.5 Å². The van der Waals surface area contributed by atoms with Gasteiger partial charge >= 0.3 is 6.09 Å². The molecule has 2 spiro atoms. The van der Waals surface area contributed by atoms with Crippen LogP contribution in [-0.2, 0) is 38.5 Å². The molecule has 1 aromatic heterocycles. The van der Waals surface area contributed by atoms with E-state index >= 15 is 0 Å². The Bertz CT molecular complexity index is 2700. The predicted octanol–water partition coefficient (Wildman–Crippen LogP) is 12.1. The van der Waals surface area contributed by atoms with E-state index < -0.39 is 0 Å². The molecular weight excluding hydrogens is 989 g/mol. The average molecular weight is 1090 g/mol. The number of aliphatic hydroxyl groups excluding tert-OH is 1. The molecule has 13 heteroatoms. The minimum absolute atomic E-state index is 0.0424. The van der Waals surface area contributed by atoms with Crippen molar-refractivity contribution in [3.8, 4) is 0 Å². The van der Waals surface area contributed by atoms with Gasteiger partial charge in [0.2, 0.25) is 0 Å². The smallest absolute Gasteiger partial charge is 0.410 e. The molecule has 0 bridgehead atoms. The largest absolute Gasteiger partial charge is 0.515 e. The van der Waals surface area contributed by atoms with Crippen LogP contribution in [0.5, 0.6) is 0 Å². The molecule has 79 heavy (non-hydrogen) atoms. The monoisotopic (exact) mass is 1080 g/mol. The Morgan fingerprint density at radius 3 is 2.05 bits per heavy atom. The lowest BCUT2D eigenvalue weighted by Crippen LogP contribution is -2.54. The molecule has 2 aromatic rings. The molecule has 4 saturated heterocycles. The predicted molar refractivity (Wildman–Crippen MR) is 305 cm³/mol. The van der Waals surface area contributed by atoms with Crippen LogP contribution in [-0.4, -0.2) is 85.9 Å². The summed E-state index contributed by atoms with van der Waals surface area (Å²) >= 11 is 0. The van der Waals surface area contributed by atoms with Gasteiger partial charge in [-0.15, -0.1) is 5.59 Å². The number of likely N-dealkylation sites (tertiary alicyclic amines) is 1. The summed E-state index contributed by atoms with van der Waals surface area (Å²) in [5.41, 5.74) is 12.9. The number of ether oxygens (including phenoxy) is 3. The van der Waals surface area contributed by atoms with E-state index in [1.54, 1.807) is 11.1 Å². The third kappa shape index (κ3) is 9.45. The first-order chi connectivity index (χ1) is 37.9. The number of piperidine rings is 2. The van der Waals surface area contributed by atoms with Gasteiger partial charge in [0.05, 0.1) is 41.9 Å². The maximum absolute atomic E-state index is 13.5. The second-order valence-corrected chi connectivity index (χ2v) is 28.9. The highest BCUT2D eigenvalue weighted by Gasteiger charge is 2.63. The quantitative estimate of drug-likeness (QED) is 0.0553. The van der Waals surface area contributed by atoms with Crippen molar-refractivity contribution >= 4 is 11.9 Å². The van der Waals surface area contributed by atoms with Crippen molar-refractivity contribution < 1.29 is 34.1 Å². The van der Waals surface area contributed by atoms with E-state index in [2.05, 4.69) is 82.9 Å². The molecule has 9 fully saturated rings. The number of aromatic amines is 1. The van der Waals surface area contributed by atoms with Crippen LogP contribution in [0, 0.1) is 81.8 Å². The summed E-state index contributed by atoms with van der Waals surface area (Å²) in [5, 5.41) is 28.5. The number of ketones is 1. The molecule has 12 aliphatic rings. The second-order valence-electron chi connectivity index (χ2n) is 28.9. The molecule has 1 aromatic carbocycles. The molecule has 8 aliphatic carbocycles. The van der Waals surface area contributed by atoms with Crippen LogP contribution in [0.1, 0.15) is 175 Å². The molecule has 7 N–H and O–H groups in total.